The Balaban J connectivity index is 2.24. The maximum atomic E-state index is 11.0. The van der Waals surface area contributed by atoms with Crippen molar-refractivity contribution in [1.82, 2.24) is 10.1 Å². The van der Waals surface area contributed by atoms with Crippen LogP contribution in [0.2, 0.25) is 0 Å². The second-order valence-electron chi connectivity index (χ2n) is 3.58. The monoisotopic (exact) mass is 232 g/mol. The number of benzene rings is 1. The minimum absolute atomic E-state index is 0.00458. The number of carbonyl (C=O) groups is 1. The molecule has 0 N–H and O–H groups in total. The standard InChI is InChI=1S/C12H12N2O3/c1-8-5-3-4-6-9(8)12-13-10(17-14-12)7-11(15)16-2/h3-6H,7H2,1-2H3. The molecule has 0 aliphatic carbocycles. The number of esters is 1. The van der Waals surface area contributed by atoms with Crippen molar-refractivity contribution >= 4 is 5.97 Å². The highest BCUT2D eigenvalue weighted by atomic mass is 16.5. The predicted molar refractivity (Wildman–Crippen MR) is 60.2 cm³/mol. The Morgan fingerprint density at radius 2 is 2.18 bits per heavy atom. The van der Waals surface area contributed by atoms with Crippen molar-refractivity contribution in [2.45, 2.75) is 13.3 Å². The molecule has 2 rings (SSSR count). The van der Waals surface area contributed by atoms with Gasteiger partial charge in [0.1, 0.15) is 6.42 Å². The molecule has 0 bridgehead atoms. The van der Waals surface area contributed by atoms with Gasteiger partial charge < -0.3 is 9.26 Å². The van der Waals surface area contributed by atoms with Gasteiger partial charge in [-0.3, -0.25) is 4.79 Å². The Bertz CT molecular complexity index is 534. The molecule has 0 unspecified atom stereocenters. The summed E-state index contributed by atoms with van der Waals surface area (Å²) in [6, 6.07) is 7.71. The Morgan fingerprint density at radius 1 is 1.41 bits per heavy atom. The fourth-order valence-corrected chi connectivity index (χ4v) is 1.46. The van der Waals surface area contributed by atoms with Crippen LogP contribution in [-0.2, 0) is 16.0 Å². The maximum Gasteiger partial charge on any atom is 0.315 e. The molecule has 0 fully saturated rings. The molecule has 0 aliphatic rings. The predicted octanol–water partition coefficient (Wildman–Crippen LogP) is 1.76. The van der Waals surface area contributed by atoms with Crippen molar-refractivity contribution in [3.63, 3.8) is 0 Å². The molecule has 0 atom stereocenters. The van der Waals surface area contributed by atoms with Crippen molar-refractivity contribution in [3.05, 3.63) is 35.7 Å². The average molecular weight is 232 g/mol. The number of methoxy groups -OCH3 is 1. The summed E-state index contributed by atoms with van der Waals surface area (Å²) in [5.74, 6) is 0.349. The molecule has 1 aromatic carbocycles. The van der Waals surface area contributed by atoms with E-state index in [1.54, 1.807) is 0 Å². The molecule has 1 aromatic heterocycles. The molecule has 88 valence electrons. The highest BCUT2D eigenvalue weighted by molar-refractivity contribution is 5.71. The number of carbonyl (C=O) groups excluding carboxylic acids is 1. The zero-order valence-electron chi connectivity index (χ0n) is 9.64. The lowest BCUT2D eigenvalue weighted by molar-refractivity contribution is -0.140. The first-order valence-corrected chi connectivity index (χ1v) is 5.16. The summed E-state index contributed by atoms with van der Waals surface area (Å²) in [5, 5.41) is 3.84. The minimum atomic E-state index is -0.398. The Kier molecular flexibility index (Phi) is 3.18. The molecular formula is C12H12N2O3. The van der Waals surface area contributed by atoms with E-state index in [2.05, 4.69) is 14.9 Å². The molecule has 0 amide bonds. The van der Waals surface area contributed by atoms with Crippen LogP contribution in [0.25, 0.3) is 11.4 Å². The molecule has 0 saturated carbocycles. The van der Waals surface area contributed by atoms with Gasteiger partial charge >= 0.3 is 5.97 Å². The van der Waals surface area contributed by atoms with Gasteiger partial charge in [0.2, 0.25) is 11.7 Å². The van der Waals surface area contributed by atoms with Crippen LogP contribution in [0.1, 0.15) is 11.5 Å². The van der Waals surface area contributed by atoms with E-state index in [4.69, 9.17) is 4.52 Å². The second-order valence-corrected chi connectivity index (χ2v) is 3.58. The lowest BCUT2D eigenvalue weighted by Gasteiger charge is -1.97. The van der Waals surface area contributed by atoms with Gasteiger partial charge in [-0.25, -0.2) is 0 Å². The van der Waals surface area contributed by atoms with Crippen molar-refractivity contribution in [1.29, 1.82) is 0 Å². The summed E-state index contributed by atoms with van der Waals surface area (Å²) >= 11 is 0. The first-order chi connectivity index (χ1) is 8.20. The van der Waals surface area contributed by atoms with Gasteiger partial charge in [-0.05, 0) is 12.5 Å². The van der Waals surface area contributed by atoms with E-state index in [0.29, 0.717) is 5.82 Å². The zero-order valence-corrected chi connectivity index (χ0v) is 9.64. The van der Waals surface area contributed by atoms with Crippen LogP contribution in [0.4, 0.5) is 0 Å². The lowest BCUT2D eigenvalue weighted by atomic mass is 10.1. The van der Waals surface area contributed by atoms with Crippen molar-refractivity contribution < 1.29 is 14.1 Å². The van der Waals surface area contributed by atoms with Gasteiger partial charge in [0, 0.05) is 5.56 Å². The summed E-state index contributed by atoms with van der Waals surface area (Å²) < 4.78 is 9.51. The number of nitrogens with zero attached hydrogens (tertiary/aromatic N) is 2. The summed E-state index contributed by atoms with van der Waals surface area (Å²) in [6.07, 6.45) is -0.00458. The molecule has 0 spiro atoms. The highest BCUT2D eigenvalue weighted by Crippen LogP contribution is 2.19. The van der Waals surface area contributed by atoms with Crippen LogP contribution in [0, 0.1) is 6.92 Å². The summed E-state index contributed by atoms with van der Waals surface area (Å²) in [6.45, 7) is 1.96. The number of aromatic nitrogens is 2. The number of rotatable bonds is 3. The summed E-state index contributed by atoms with van der Waals surface area (Å²) in [4.78, 5) is 15.2. The van der Waals surface area contributed by atoms with Crippen LogP contribution in [-0.4, -0.2) is 23.2 Å². The molecule has 0 radical (unpaired) electrons. The van der Waals surface area contributed by atoms with Crippen molar-refractivity contribution in [2.75, 3.05) is 7.11 Å². The largest absolute Gasteiger partial charge is 0.469 e. The van der Waals surface area contributed by atoms with E-state index in [-0.39, 0.29) is 12.3 Å². The Labute approximate surface area is 98.4 Å². The third-order valence-corrected chi connectivity index (χ3v) is 2.38. The van der Waals surface area contributed by atoms with Crippen LogP contribution in [0.5, 0.6) is 0 Å². The van der Waals surface area contributed by atoms with Gasteiger partial charge in [-0.2, -0.15) is 4.98 Å². The molecule has 5 heteroatoms. The van der Waals surface area contributed by atoms with E-state index in [1.165, 1.54) is 7.11 Å². The lowest BCUT2D eigenvalue weighted by Crippen LogP contribution is -2.04. The third kappa shape index (κ3) is 2.50. The van der Waals surface area contributed by atoms with Gasteiger partial charge in [0.15, 0.2) is 0 Å². The fraction of sp³-hybridized carbons (Fsp3) is 0.250. The number of ether oxygens (including phenoxy) is 1. The van der Waals surface area contributed by atoms with E-state index in [9.17, 15) is 4.79 Å². The van der Waals surface area contributed by atoms with E-state index < -0.39 is 5.97 Å². The fourth-order valence-electron chi connectivity index (χ4n) is 1.46. The SMILES string of the molecule is COC(=O)Cc1nc(-c2ccccc2C)no1. The Hall–Kier alpha value is -2.17. The number of hydrogen-bond acceptors (Lipinski definition) is 5. The van der Waals surface area contributed by atoms with E-state index in [1.807, 2.05) is 31.2 Å². The average Bonchev–Trinajstić information content (AvgIpc) is 2.78. The quantitative estimate of drug-likeness (QED) is 0.754. The molecule has 0 saturated heterocycles. The second kappa shape index (κ2) is 4.78. The van der Waals surface area contributed by atoms with Gasteiger partial charge in [-0.15, -0.1) is 0 Å². The molecular weight excluding hydrogens is 220 g/mol. The van der Waals surface area contributed by atoms with Crippen LogP contribution in [0.15, 0.2) is 28.8 Å². The zero-order chi connectivity index (χ0) is 12.3. The smallest absolute Gasteiger partial charge is 0.315 e. The van der Waals surface area contributed by atoms with Crippen LogP contribution in [0.3, 0.4) is 0 Å². The first-order valence-electron chi connectivity index (χ1n) is 5.16. The van der Waals surface area contributed by atoms with E-state index >= 15 is 0 Å². The first kappa shape index (κ1) is 11.3. The van der Waals surface area contributed by atoms with Crippen LogP contribution >= 0.6 is 0 Å². The van der Waals surface area contributed by atoms with Crippen molar-refractivity contribution in [2.24, 2.45) is 0 Å². The van der Waals surface area contributed by atoms with E-state index in [0.717, 1.165) is 11.1 Å². The van der Waals surface area contributed by atoms with Gasteiger partial charge in [0.05, 0.1) is 7.11 Å². The topological polar surface area (TPSA) is 65.2 Å². The molecule has 1 heterocycles. The molecule has 0 aliphatic heterocycles. The summed E-state index contributed by atoms with van der Waals surface area (Å²) in [7, 11) is 1.32. The minimum Gasteiger partial charge on any atom is -0.469 e. The number of aryl methyl sites for hydroxylation is 1. The highest BCUT2D eigenvalue weighted by Gasteiger charge is 2.13. The Morgan fingerprint density at radius 3 is 2.88 bits per heavy atom. The number of hydrogen-bond donors (Lipinski definition) is 0. The maximum absolute atomic E-state index is 11.0. The molecule has 17 heavy (non-hydrogen) atoms. The summed E-state index contributed by atoms with van der Waals surface area (Å²) in [5.41, 5.74) is 1.95. The normalized spacial score (nSPS) is 10.2. The third-order valence-electron chi connectivity index (χ3n) is 2.38. The van der Waals surface area contributed by atoms with Crippen molar-refractivity contribution in [3.8, 4) is 11.4 Å². The molecule has 2 aromatic rings. The van der Waals surface area contributed by atoms with Gasteiger partial charge in [0.25, 0.3) is 0 Å². The molecule has 5 nitrogen and oxygen atoms in total. The van der Waals surface area contributed by atoms with Gasteiger partial charge in [-0.1, -0.05) is 29.4 Å². The van der Waals surface area contributed by atoms with Crippen LogP contribution < -0.4 is 0 Å².